The van der Waals surface area contributed by atoms with Crippen LogP contribution in [0.1, 0.15) is 16.8 Å². The Kier molecular flexibility index (Phi) is 5.10. The van der Waals surface area contributed by atoms with Gasteiger partial charge in [-0.05, 0) is 30.7 Å². The number of benzene rings is 1. The van der Waals surface area contributed by atoms with Crippen molar-refractivity contribution in [3.63, 3.8) is 0 Å². The van der Waals surface area contributed by atoms with Crippen molar-refractivity contribution in [3.8, 4) is 34.2 Å². The molecule has 138 valence electrons. The van der Waals surface area contributed by atoms with Crippen LogP contribution in [0.4, 0.5) is 5.82 Å². The minimum Gasteiger partial charge on any atom is -0.496 e. The van der Waals surface area contributed by atoms with Crippen molar-refractivity contribution in [1.29, 1.82) is 5.26 Å². The van der Waals surface area contributed by atoms with Crippen LogP contribution in [-0.2, 0) is 18.4 Å². The highest BCUT2D eigenvalue weighted by atomic mass is 16.5. The number of anilines is 1. The monoisotopic (exact) mass is 363 g/mol. The fraction of sp³-hybridized carbons (Fsp3) is 0.250. The van der Waals surface area contributed by atoms with Crippen molar-refractivity contribution >= 4 is 5.82 Å². The van der Waals surface area contributed by atoms with Gasteiger partial charge in [0.25, 0.3) is 0 Å². The number of nitrogens with zero attached hydrogens (tertiary/aromatic N) is 4. The van der Waals surface area contributed by atoms with E-state index in [1.807, 2.05) is 44.4 Å². The molecule has 1 aromatic carbocycles. The van der Waals surface area contributed by atoms with Crippen LogP contribution in [0.2, 0.25) is 0 Å². The van der Waals surface area contributed by atoms with E-state index in [1.54, 1.807) is 18.9 Å². The molecule has 0 atom stereocenters. The summed E-state index contributed by atoms with van der Waals surface area (Å²) in [6.07, 6.45) is 1.89. The molecule has 0 aliphatic heterocycles. The number of methoxy groups -OCH3 is 2. The zero-order valence-corrected chi connectivity index (χ0v) is 15.8. The third kappa shape index (κ3) is 3.48. The molecule has 2 heterocycles. The van der Waals surface area contributed by atoms with Crippen molar-refractivity contribution in [2.45, 2.75) is 13.5 Å². The topological polar surface area (TPSA) is 99.0 Å². The first-order valence-corrected chi connectivity index (χ1v) is 8.36. The van der Waals surface area contributed by atoms with Crippen molar-refractivity contribution in [2.75, 3.05) is 20.0 Å². The first-order chi connectivity index (χ1) is 13.0. The fourth-order valence-corrected chi connectivity index (χ4v) is 3.11. The molecule has 3 rings (SSSR count). The van der Waals surface area contributed by atoms with Crippen molar-refractivity contribution in [3.05, 3.63) is 47.3 Å². The van der Waals surface area contributed by atoms with Gasteiger partial charge in [0.2, 0.25) is 0 Å². The van der Waals surface area contributed by atoms with Gasteiger partial charge < -0.3 is 15.2 Å². The highest BCUT2D eigenvalue weighted by molar-refractivity contribution is 5.81. The molecule has 3 aromatic rings. The lowest BCUT2D eigenvalue weighted by molar-refractivity contribution is 0.181. The molecule has 27 heavy (non-hydrogen) atoms. The largest absolute Gasteiger partial charge is 0.496 e. The van der Waals surface area contributed by atoms with Gasteiger partial charge in [-0.25, -0.2) is 4.98 Å². The van der Waals surface area contributed by atoms with Crippen LogP contribution < -0.4 is 10.5 Å². The zero-order chi connectivity index (χ0) is 19.6. The van der Waals surface area contributed by atoms with Crippen LogP contribution in [0, 0.1) is 18.3 Å². The number of nitrogens with two attached hydrogens (primary N) is 1. The summed E-state index contributed by atoms with van der Waals surface area (Å²) < 4.78 is 12.4. The molecule has 0 bridgehead atoms. The van der Waals surface area contributed by atoms with Gasteiger partial charge in [-0.1, -0.05) is 6.07 Å². The first kappa shape index (κ1) is 18.4. The average molecular weight is 363 g/mol. The summed E-state index contributed by atoms with van der Waals surface area (Å²) in [5, 5.41) is 14.0. The van der Waals surface area contributed by atoms with E-state index in [4.69, 9.17) is 15.2 Å². The summed E-state index contributed by atoms with van der Waals surface area (Å²) in [4.78, 5) is 4.42. The number of pyridine rings is 1. The normalized spacial score (nSPS) is 10.6. The molecule has 0 unspecified atom stereocenters. The Morgan fingerprint density at radius 3 is 2.59 bits per heavy atom. The van der Waals surface area contributed by atoms with E-state index < -0.39 is 0 Å². The summed E-state index contributed by atoms with van der Waals surface area (Å²) in [7, 11) is 5.09. The Labute approximate surface area is 158 Å². The Hall–Kier alpha value is -3.37. The maximum absolute atomic E-state index is 9.62. The van der Waals surface area contributed by atoms with Gasteiger partial charge in [0.15, 0.2) is 0 Å². The minimum absolute atomic E-state index is 0.192. The van der Waals surface area contributed by atoms with Gasteiger partial charge in [0, 0.05) is 37.0 Å². The number of ether oxygens (including phenoxy) is 2. The molecule has 2 N–H and O–H groups in total. The highest BCUT2D eigenvalue weighted by Gasteiger charge is 2.17. The average Bonchev–Trinajstić information content (AvgIpc) is 2.99. The van der Waals surface area contributed by atoms with Gasteiger partial charge in [-0.2, -0.15) is 10.4 Å². The number of rotatable bonds is 5. The third-order valence-electron chi connectivity index (χ3n) is 4.34. The van der Waals surface area contributed by atoms with Gasteiger partial charge in [0.05, 0.1) is 25.1 Å². The van der Waals surface area contributed by atoms with E-state index in [1.165, 1.54) is 0 Å². The quantitative estimate of drug-likeness (QED) is 0.748. The molecular weight excluding hydrogens is 342 g/mol. The van der Waals surface area contributed by atoms with Gasteiger partial charge >= 0.3 is 0 Å². The summed E-state index contributed by atoms with van der Waals surface area (Å²) in [5.41, 5.74) is 11.3. The standard InChI is InChI=1S/C20H21N5O2/c1-12-17(10-25(2)24-12)18-8-15(16(9-21)20(22)23-18)13-5-6-19(27-4)14(7-13)11-26-3/h5-8,10H,11H2,1-4H3,(H2,22,23). The maximum atomic E-state index is 9.62. The first-order valence-electron chi connectivity index (χ1n) is 8.36. The second kappa shape index (κ2) is 7.48. The molecule has 2 aromatic heterocycles. The Morgan fingerprint density at radius 2 is 2.00 bits per heavy atom. The van der Waals surface area contributed by atoms with Crippen LogP contribution >= 0.6 is 0 Å². The van der Waals surface area contributed by atoms with Crippen LogP contribution in [-0.4, -0.2) is 29.0 Å². The highest BCUT2D eigenvalue weighted by Crippen LogP contribution is 2.34. The lowest BCUT2D eigenvalue weighted by Gasteiger charge is -2.13. The lowest BCUT2D eigenvalue weighted by atomic mass is 9.97. The van der Waals surface area contributed by atoms with E-state index in [0.29, 0.717) is 23.4 Å². The van der Waals surface area contributed by atoms with Crippen LogP contribution in [0.3, 0.4) is 0 Å². The predicted molar refractivity (Wildman–Crippen MR) is 103 cm³/mol. The molecule has 7 heteroatoms. The van der Waals surface area contributed by atoms with Gasteiger partial charge in [-0.15, -0.1) is 0 Å². The molecule has 0 radical (unpaired) electrons. The molecule has 0 spiro atoms. The second-order valence-electron chi connectivity index (χ2n) is 6.19. The molecule has 0 fully saturated rings. The number of aromatic nitrogens is 3. The molecule has 0 saturated heterocycles. The van der Waals surface area contributed by atoms with Crippen LogP contribution in [0.25, 0.3) is 22.4 Å². The van der Waals surface area contributed by atoms with Gasteiger partial charge in [0.1, 0.15) is 23.2 Å². The number of nitriles is 1. The van der Waals surface area contributed by atoms with E-state index in [-0.39, 0.29) is 5.82 Å². The lowest BCUT2D eigenvalue weighted by Crippen LogP contribution is -2.01. The number of aryl methyl sites for hydroxylation is 2. The Bertz CT molecular complexity index is 1030. The van der Waals surface area contributed by atoms with Crippen molar-refractivity contribution in [2.24, 2.45) is 7.05 Å². The maximum Gasteiger partial charge on any atom is 0.142 e. The third-order valence-corrected chi connectivity index (χ3v) is 4.34. The minimum atomic E-state index is 0.192. The molecule has 0 aliphatic carbocycles. The predicted octanol–water partition coefficient (Wildman–Crippen LogP) is 3.07. The summed E-state index contributed by atoms with van der Waals surface area (Å²) >= 11 is 0. The van der Waals surface area contributed by atoms with Crippen molar-refractivity contribution < 1.29 is 9.47 Å². The fourth-order valence-electron chi connectivity index (χ4n) is 3.11. The number of nitrogen functional groups attached to an aromatic ring is 1. The Morgan fingerprint density at radius 1 is 1.22 bits per heavy atom. The SMILES string of the molecule is COCc1cc(-c2cc(-c3cn(C)nc3C)nc(N)c2C#N)ccc1OC. The number of hydrogen-bond donors (Lipinski definition) is 1. The molecule has 0 amide bonds. The van der Waals surface area contributed by atoms with E-state index in [2.05, 4.69) is 16.2 Å². The van der Waals surface area contributed by atoms with E-state index in [0.717, 1.165) is 28.1 Å². The number of hydrogen-bond acceptors (Lipinski definition) is 6. The van der Waals surface area contributed by atoms with E-state index in [9.17, 15) is 5.26 Å². The van der Waals surface area contributed by atoms with E-state index >= 15 is 0 Å². The van der Waals surface area contributed by atoms with Gasteiger partial charge in [-0.3, -0.25) is 4.68 Å². The molecule has 7 nitrogen and oxygen atoms in total. The molecule has 0 saturated carbocycles. The Balaban J connectivity index is 2.21. The smallest absolute Gasteiger partial charge is 0.142 e. The molecular formula is C20H21N5O2. The van der Waals surface area contributed by atoms with Crippen molar-refractivity contribution in [1.82, 2.24) is 14.8 Å². The summed E-state index contributed by atoms with van der Waals surface area (Å²) in [6.45, 7) is 2.31. The summed E-state index contributed by atoms with van der Waals surface area (Å²) in [6, 6.07) is 9.74. The summed E-state index contributed by atoms with van der Waals surface area (Å²) in [5.74, 6) is 0.918. The van der Waals surface area contributed by atoms with Crippen LogP contribution in [0.15, 0.2) is 30.5 Å². The zero-order valence-electron chi connectivity index (χ0n) is 15.8. The van der Waals surface area contributed by atoms with Crippen LogP contribution in [0.5, 0.6) is 5.75 Å². The second-order valence-corrected chi connectivity index (χ2v) is 6.19. The molecule has 0 aliphatic rings.